The van der Waals surface area contributed by atoms with Crippen LogP contribution < -0.4 is 0 Å². The quantitative estimate of drug-likeness (QED) is 0.358. The molecule has 0 aliphatic rings. The fourth-order valence-electron chi connectivity index (χ4n) is 3.56. The summed E-state index contributed by atoms with van der Waals surface area (Å²) in [5.74, 6) is 1.98. The van der Waals surface area contributed by atoms with Crippen LogP contribution in [0.4, 0.5) is 0 Å². The zero-order valence-corrected chi connectivity index (χ0v) is 17.1. The van der Waals surface area contributed by atoms with Crippen molar-refractivity contribution < 1.29 is 0 Å². The number of aromatic nitrogens is 4. The Balaban J connectivity index is 1.67. The molecule has 0 bridgehead atoms. The molecule has 0 aliphatic heterocycles. The van der Waals surface area contributed by atoms with Gasteiger partial charge in [0.05, 0.1) is 0 Å². The van der Waals surface area contributed by atoms with Crippen LogP contribution in [-0.2, 0) is 0 Å². The van der Waals surface area contributed by atoms with E-state index >= 15 is 0 Å². The third-order valence-electron chi connectivity index (χ3n) is 5.15. The third kappa shape index (κ3) is 3.96. The van der Waals surface area contributed by atoms with E-state index in [1.54, 1.807) is 0 Å². The van der Waals surface area contributed by atoms with Crippen molar-refractivity contribution in [3.63, 3.8) is 0 Å². The number of rotatable bonds is 4. The standard InChI is InChI=1S/C27H20N4/c1-19-18-28-16-15-24(19)22-13-8-14-23(17-22)27-30-25(20-9-4-2-5-10-20)29-26(31-27)21-11-6-3-7-12-21/h2-18H,1H3. The van der Waals surface area contributed by atoms with Crippen LogP contribution in [0.3, 0.4) is 0 Å². The second-order valence-electron chi connectivity index (χ2n) is 7.31. The number of benzene rings is 3. The highest BCUT2D eigenvalue weighted by Gasteiger charge is 2.13. The van der Waals surface area contributed by atoms with Gasteiger partial charge >= 0.3 is 0 Å². The number of hydrogen-bond acceptors (Lipinski definition) is 4. The van der Waals surface area contributed by atoms with Gasteiger partial charge in [-0.15, -0.1) is 0 Å². The molecule has 0 unspecified atom stereocenters. The first kappa shape index (κ1) is 18.8. The molecule has 4 heteroatoms. The van der Waals surface area contributed by atoms with Crippen LogP contribution in [0.25, 0.3) is 45.3 Å². The zero-order valence-electron chi connectivity index (χ0n) is 17.1. The van der Waals surface area contributed by atoms with Crippen LogP contribution >= 0.6 is 0 Å². The minimum atomic E-state index is 0.654. The molecule has 0 saturated heterocycles. The van der Waals surface area contributed by atoms with Gasteiger partial charge in [0.15, 0.2) is 17.5 Å². The first-order valence-corrected chi connectivity index (χ1v) is 10.2. The van der Waals surface area contributed by atoms with Crippen molar-refractivity contribution >= 4 is 0 Å². The summed E-state index contributed by atoms with van der Waals surface area (Å²) in [6, 6.07) is 30.4. The summed E-state index contributed by atoms with van der Waals surface area (Å²) >= 11 is 0. The second kappa shape index (κ2) is 8.28. The summed E-state index contributed by atoms with van der Waals surface area (Å²) < 4.78 is 0. The van der Waals surface area contributed by atoms with Crippen LogP contribution in [0, 0.1) is 6.92 Å². The molecule has 5 aromatic rings. The molecular formula is C27H20N4. The smallest absolute Gasteiger partial charge is 0.164 e. The van der Waals surface area contributed by atoms with Crippen LogP contribution in [-0.4, -0.2) is 19.9 Å². The van der Waals surface area contributed by atoms with Gasteiger partial charge in [-0.3, -0.25) is 4.98 Å². The van der Waals surface area contributed by atoms with Crippen molar-refractivity contribution in [2.75, 3.05) is 0 Å². The lowest BCUT2D eigenvalue weighted by atomic mass is 10.0. The summed E-state index contributed by atoms with van der Waals surface area (Å²) in [5.41, 5.74) is 6.27. The lowest BCUT2D eigenvalue weighted by Crippen LogP contribution is -2.00. The molecule has 0 fully saturated rings. The van der Waals surface area contributed by atoms with Gasteiger partial charge in [0, 0.05) is 29.1 Å². The van der Waals surface area contributed by atoms with Gasteiger partial charge in [-0.1, -0.05) is 78.9 Å². The Kier molecular flexibility index (Phi) is 5.03. The second-order valence-corrected chi connectivity index (χ2v) is 7.31. The summed E-state index contributed by atoms with van der Waals surface area (Å²) in [7, 11) is 0. The molecule has 5 rings (SSSR count). The molecule has 31 heavy (non-hydrogen) atoms. The SMILES string of the molecule is Cc1cnccc1-c1cccc(-c2nc(-c3ccccc3)nc(-c3ccccc3)n2)c1. The van der Waals surface area contributed by atoms with E-state index in [2.05, 4.69) is 24.0 Å². The molecule has 3 aromatic carbocycles. The Morgan fingerprint density at radius 3 is 1.61 bits per heavy atom. The van der Waals surface area contributed by atoms with Gasteiger partial charge in [0.2, 0.25) is 0 Å². The van der Waals surface area contributed by atoms with Crippen molar-refractivity contribution in [2.45, 2.75) is 6.92 Å². The Morgan fingerprint density at radius 2 is 1.03 bits per heavy atom. The topological polar surface area (TPSA) is 51.6 Å². The van der Waals surface area contributed by atoms with Gasteiger partial charge in [-0.25, -0.2) is 15.0 Å². The Labute approximate surface area is 181 Å². The van der Waals surface area contributed by atoms with Crippen molar-refractivity contribution in [2.24, 2.45) is 0 Å². The van der Waals surface area contributed by atoms with Crippen molar-refractivity contribution in [1.29, 1.82) is 0 Å². The monoisotopic (exact) mass is 400 g/mol. The van der Waals surface area contributed by atoms with Gasteiger partial charge in [-0.05, 0) is 35.7 Å². The summed E-state index contributed by atoms with van der Waals surface area (Å²) in [6.45, 7) is 2.07. The molecule has 0 amide bonds. The average Bonchev–Trinajstić information content (AvgIpc) is 2.85. The van der Waals surface area contributed by atoms with E-state index in [0.29, 0.717) is 17.5 Å². The highest BCUT2D eigenvalue weighted by Crippen LogP contribution is 2.29. The number of hydrogen-bond donors (Lipinski definition) is 0. The molecule has 0 radical (unpaired) electrons. The molecule has 0 saturated carbocycles. The third-order valence-corrected chi connectivity index (χ3v) is 5.15. The van der Waals surface area contributed by atoms with Crippen LogP contribution in [0.15, 0.2) is 103 Å². The van der Waals surface area contributed by atoms with Gasteiger partial charge < -0.3 is 0 Å². The first-order chi connectivity index (χ1) is 15.3. The predicted octanol–water partition coefficient (Wildman–Crippen LogP) is 6.24. The fourth-order valence-corrected chi connectivity index (χ4v) is 3.56. The Morgan fingerprint density at radius 1 is 0.516 bits per heavy atom. The van der Waals surface area contributed by atoms with Crippen LogP contribution in [0.5, 0.6) is 0 Å². The van der Waals surface area contributed by atoms with E-state index in [4.69, 9.17) is 15.0 Å². The van der Waals surface area contributed by atoms with Gasteiger partial charge in [0.1, 0.15) is 0 Å². The molecule has 0 N–H and O–H groups in total. The van der Waals surface area contributed by atoms with Crippen molar-refractivity contribution in [3.8, 4) is 45.3 Å². The molecule has 0 atom stereocenters. The fraction of sp³-hybridized carbons (Fsp3) is 0.0370. The van der Waals surface area contributed by atoms with E-state index in [0.717, 1.165) is 33.4 Å². The zero-order chi connectivity index (χ0) is 21.0. The molecule has 0 aliphatic carbocycles. The number of nitrogens with zero attached hydrogens (tertiary/aromatic N) is 4. The molecule has 2 aromatic heterocycles. The van der Waals surface area contributed by atoms with E-state index in [9.17, 15) is 0 Å². The lowest BCUT2D eigenvalue weighted by Gasteiger charge is -2.10. The highest BCUT2D eigenvalue weighted by atomic mass is 15.0. The van der Waals surface area contributed by atoms with E-state index in [-0.39, 0.29) is 0 Å². The molecule has 4 nitrogen and oxygen atoms in total. The maximum Gasteiger partial charge on any atom is 0.164 e. The molecule has 148 valence electrons. The van der Waals surface area contributed by atoms with Crippen molar-refractivity contribution in [3.05, 3.63) is 109 Å². The predicted molar refractivity (Wildman–Crippen MR) is 124 cm³/mol. The Hall–Kier alpha value is -4.18. The average molecular weight is 400 g/mol. The van der Waals surface area contributed by atoms with Crippen LogP contribution in [0.2, 0.25) is 0 Å². The van der Waals surface area contributed by atoms with E-state index in [1.165, 1.54) is 0 Å². The number of pyridine rings is 1. The van der Waals surface area contributed by atoms with Gasteiger partial charge in [-0.2, -0.15) is 0 Å². The number of aryl methyl sites for hydroxylation is 1. The molecular weight excluding hydrogens is 380 g/mol. The highest BCUT2D eigenvalue weighted by molar-refractivity contribution is 5.73. The Bertz CT molecular complexity index is 1270. The summed E-state index contributed by atoms with van der Waals surface area (Å²) in [4.78, 5) is 18.6. The van der Waals surface area contributed by atoms with Crippen molar-refractivity contribution in [1.82, 2.24) is 19.9 Å². The van der Waals surface area contributed by atoms with Crippen LogP contribution in [0.1, 0.15) is 5.56 Å². The first-order valence-electron chi connectivity index (χ1n) is 10.2. The van der Waals surface area contributed by atoms with E-state index in [1.807, 2.05) is 91.3 Å². The lowest BCUT2D eigenvalue weighted by molar-refractivity contribution is 1.07. The molecule has 2 heterocycles. The maximum atomic E-state index is 4.82. The van der Waals surface area contributed by atoms with E-state index < -0.39 is 0 Å². The van der Waals surface area contributed by atoms with Gasteiger partial charge in [0.25, 0.3) is 0 Å². The minimum Gasteiger partial charge on any atom is -0.264 e. The largest absolute Gasteiger partial charge is 0.264 e. The summed E-state index contributed by atoms with van der Waals surface area (Å²) in [6.07, 6.45) is 3.70. The summed E-state index contributed by atoms with van der Waals surface area (Å²) in [5, 5.41) is 0. The molecule has 0 spiro atoms. The maximum absolute atomic E-state index is 4.82. The minimum absolute atomic E-state index is 0.654. The normalized spacial score (nSPS) is 10.7.